The molecule has 1 heterocycles. The third-order valence-electron chi connectivity index (χ3n) is 3.61. The van der Waals surface area contributed by atoms with Gasteiger partial charge in [0.05, 0.1) is 17.0 Å². The van der Waals surface area contributed by atoms with Crippen LogP contribution in [0.2, 0.25) is 0 Å². The molecule has 0 bridgehead atoms. The van der Waals surface area contributed by atoms with Crippen LogP contribution >= 0.6 is 0 Å². The fourth-order valence-electron chi connectivity index (χ4n) is 2.56. The minimum absolute atomic E-state index is 0.920. The van der Waals surface area contributed by atoms with Crippen molar-refractivity contribution >= 4 is 21.7 Å². The molecule has 0 spiro atoms. The van der Waals surface area contributed by atoms with E-state index in [4.69, 9.17) is 4.42 Å². The second-order valence-electron chi connectivity index (χ2n) is 4.94. The molecule has 0 saturated heterocycles. The average Bonchev–Trinajstić information content (AvgIpc) is 2.53. The Morgan fingerprint density at radius 2 is 1.25 bits per heavy atom. The largest absolute Gasteiger partial charge is 0.360 e. The lowest BCUT2D eigenvalue weighted by Gasteiger charge is -1.99. The molecule has 20 heavy (non-hydrogen) atoms. The lowest BCUT2D eigenvalue weighted by molar-refractivity contribution is 0.606. The van der Waals surface area contributed by atoms with Crippen LogP contribution in [0.15, 0.2) is 83.5 Å². The molecular weight excluding hydrogens is 244 g/mol. The van der Waals surface area contributed by atoms with Gasteiger partial charge in [-0.25, -0.2) is 4.42 Å². The number of fused-ring (bicyclic) bond motifs is 2. The monoisotopic (exact) mass is 257 g/mol. The van der Waals surface area contributed by atoms with Crippen LogP contribution in [0.4, 0.5) is 0 Å². The maximum atomic E-state index is 5.81. The summed E-state index contributed by atoms with van der Waals surface area (Å²) < 4.78 is 5.81. The molecule has 94 valence electrons. The first kappa shape index (κ1) is 11.2. The normalized spacial score (nSPS) is 11.0. The van der Waals surface area contributed by atoms with E-state index >= 15 is 0 Å². The molecule has 0 radical (unpaired) electrons. The van der Waals surface area contributed by atoms with Crippen LogP contribution in [0.25, 0.3) is 32.9 Å². The molecule has 0 N–H and O–H groups in total. The average molecular weight is 257 g/mol. The molecule has 0 saturated carbocycles. The van der Waals surface area contributed by atoms with Crippen molar-refractivity contribution in [3.8, 4) is 11.1 Å². The first-order valence-corrected chi connectivity index (χ1v) is 6.70. The maximum Gasteiger partial charge on any atom is 0.360 e. The summed E-state index contributed by atoms with van der Waals surface area (Å²) in [5.74, 6) is 0. The minimum Gasteiger partial charge on any atom is -0.215 e. The van der Waals surface area contributed by atoms with Gasteiger partial charge in [-0.3, -0.25) is 0 Å². The molecule has 0 amide bonds. The van der Waals surface area contributed by atoms with Gasteiger partial charge in [-0.05, 0) is 28.5 Å². The Labute approximate surface area is 117 Å². The van der Waals surface area contributed by atoms with E-state index in [9.17, 15) is 0 Å². The van der Waals surface area contributed by atoms with Crippen molar-refractivity contribution in [2.45, 2.75) is 0 Å². The van der Waals surface area contributed by atoms with E-state index in [0.29, 0.717) is 0 Å². The molecule has 0 aliphatic heterocycles. The quantitative estimate of drug-likeness (QED) is 0.322. The third-order valence-corrected chi connectivity index (χ3v) is 3.61. The number of hydrogen-bond acceptors (Lipinski definition) is 0. The second-order valence-corrected chi connectivity index (χ2v) is 4.94. The summed E-state index contributed by atoms with van der Waals surface area (Å²) in [5, 5.41) is 3.57. The Kier molecular flexibility index (Phi) is 2.49. The summed E-state index contributed by atoms with van der Waals surface area (Å²) >= 11 is 0. The lowest BCUT2D eigenvalue weighted by Crippen LogP contribution is -1.80. The van der Waals surface area contributed by atoms with Crippen molar-refractivity contribution in [2.24, 2.45) is 0 Å². The molecule has 0 aliphatic rings. The van der Waals surface area contributed by atoms with Crippen molar-refractivity contribution in [1.29, 1.82) is 0 Å². The van der Waals surface area contributed by atoms with Crippen molar-refractivity contribution in [3.63, 3.8) is 0 Å². The molecule has 4 rings (SSSR count). The standard InChI is InChI=1S/C19H13O/c1-2-6-14(7-3-1)18-11-17-10-15-8-4-5-9-16(15)12-19(17)20-13-18/h1-13H/q+1. The maximum absolute atomic E-state index is 5.81. The zero-order valence-corrected chi connectivity index (χ0v) is 10.9. The minimum atomic E-state index is 0.920. The summed E-state index contributed by atoms with van der Waals surface area (Å²) in [7, 11) is 0. The highest BCUT2D eigenvalue weighted by atomic mass is 16.3. The summed E-state index contributed by atoms with van der Waals surface area (Å²) in [6, 6.07) is 25.1. The molecule has 4 aromatic rings. The predicted octanol–water partition coefficient (Wildman–Crippen LogP) is 5.53. The SMILES string of the molecule is c1ccc(-c2c[o+]c3cc4ccccc4cc3c2)cc1. The van der Waals surface area contributed by atoms with E-state index in [1.165, 1.54) is 16.3 Å². The molecular formula is C19H13O+. The molecule has 0 aliphatic carbocycles. The summed E-state index contributed by atoms with van der Waals surface area (Å²) in [6.07, 6.45) is 1.83. The molecule has 1 aromatic heterocycles. The fourth-order valence-corrected chi connectivity index (χ4v) is 2.56. The molecule has 0 atom stereocenters. The van der Waals surface area contributed by atoms with Gasteiger partial charge >= 0.3 is 11.8 Å². The van der Waals surface area contributed by atoms with Gasteiger partial charge in [0, 0.05) is 0 Å². The number of rotatable bonds is 1. The Morgan fingerprint density at radius 3 is 2.05 bits per heavy atom. The molecule has 0 fully saturated rings. The van der Waals surface area contributed by atoms with Crippen LogP contribution in [0, 0.1) is 0 Å². The van der Waals surface area contributed by atoms with E-state index in [-0.39, 0.29) is 0 Å². The van der Waals surface area contributed by atoms with Gasteiger partial charge in [0.15, 0.2) is 0 Å². The number of hydrogen-bond donors (Lipinski definition) is 0. The lowest BCUT2D eigenvalue weighted by atomic mass is 10.0. The highest BCUT2D eigenvalue weighted by Crippen LogP contribution is 2.27. The second kappa shape index (κ2) is 4.46. The topological polar surface area (TPSA) is 11.3 Å². The molecule has 1 nitrogen and oxygen atoms in total. The third kappa shape index (κ3) is 1.84. The summed E-state index contributed by atoms with van der Waals surface area (Å²) in [5.41, 5.74) is 3.20. The highest BCUT2D eigenvalue weighted by molar-refractivity contribution is 5.96. The van der Waals surface area contributed by atoms with Crippen LogP contribution < -0.4 is 0 Å². The van der Waals surface area contributed by atoms with Gasteiger partial charge in [0.1, 0.15) is 0 Å². The molecule has 1 heteroatoms. The predicted molar refractivity (Wildman–Crippen MR) is 83.6 cm³/mol. The highest BCUT2D eigenvalue weighted by Gasteiger charge is 2.11. The van der Waals surface area contributed by atoms with Gasteiger partial charge < -0.3 is 0 Å². The summed E-state index contributed by atoms with van der Waals surface area (Å²) in [6.45, 7) is 0. The fraction of sp³-hybridized carbons (Fsp3) is 0. The van der Waals surface area contributed by atoms with Crippen LogP contribution in [-0.2, 0) is 0 Å². The zero-order valence-electron chi connectivity index (χ0n) is 10.9. The van der Waals surface area contributed by atoms with Gasteiger partial charge in [-0.2, -0.15) is 0 Å². The van der Waals surface area contributed by atoms with Crippen molar-refractivity contribution in [3.05, 3.63) is 79.1 Å². The Bertz CT molecular complexity index is 895. The van der Waals surface area contributed by atoms with Crippen LogP contribution in [0.5, 0.6) is 0 Å². The Hall–Kier alpha value is -2.67. The van der Waals surface area contributed by atoms with Crippen molar-refractivity contribution in [2.75, 3.05) is 0 Å². The van der Waals surface area contributed by atoms with E-state index in [1.54, 1.807) is 0 Å². The smallest absolute Gasteiger partial charge is 0.215 e. The van der Waals surface area contributed by atoms with E-state index in [1.807, 2.05) is 30.5 Å². The van der Waals surface area contributed by atoms with Crippen LogP contribution in [0.1, 0.15) is 0 Å². The van der Waals surface area contributed by atoms with E-state index < -0.39 is 0 Å². The Morgan fingerprint density at radius 1 is 0.550 bits per heavy atom. The van der Waals surface area contributed by atoms with Gasteiger partial charge in [0.25, 0.3) is 0 Å². The van der Waals surface area contributed by atoms with Gasteiger partial charge in [-0.1, -0.05) is 54.6 Å². The first-order chi connectivity index (χ1) is 9.90. The van der Waals surface area contributed by atoms with Crippen molar-refractivity contribution < 1.29 is 4.42 Å². The van der Waals surface area contributed by atoms with Crippen molar-refractivity contribution in [1.82, 2.24) is 0 Å². The van der Waals surface area contributed by atoms with E-state index in [0.717, 1.165) is 16.5 Å². The van der Waals surface area contributed by atoms with Crippen LogP contribution in [-0.4, -0.2) is 0 Å². The molecule has 0 unspecified atom stereocenters. The van der Waals surface area contributed by atoms with E-state index in [2.05, 4.69) is 48.5 Å². The zero-order chi connectivity index (χ0) is 13.4. The van der Waals surface area contributed by atoms with Gasteiger partial charge in [0.2, 0.25) is 0 Å². The van der Waals surface area contributed by atoms with Crippen LogP contribution in [0.3, 0.4) is 0 Å². The molecule has 3 aromatic carbocycles. The van der Waals surface area contributed by atoms with Gasteiger partial charge in [-0.15, -0.1) is 0 Å². The summed E-state index contributed by atoms with van der Waals surface area (Å²) in [4.78, 5) is 0. The Balaban J connectivity index is 1.97. The number of benzene rings is 3. The first-order valence-electron chi connectivity index (χ1n) is 6.70.